The number of fused-ring (bicyclic) bond motifs is 3. The molecule has 11 rings (SSSR count). The summed E-state index contributed by atoms with van der Waals surface area (Å²) in [6.07, 6.45) is 12.1. The van der Waals surface area contributed by atoms with Crippen LogP contribution in [0.25, 0.3) is 5.00 Å². The molecule has 0 radical (unpaired) electrons. The molecule has 2 fully saturated rings. The number of benzene rings is 1. The quantitative estimate of drug-likeness (QED) is 0.0241. The van der Waals surface area contributed by atoms with E-state index in [-0.39, 0.29) is 115 Å². The predicted octanol–water partition coefficient (Wildman–Crippen LogP) is 4.61. The molecule has 8 aromatic rings. The minimum absolute atomic E-state index is 0.00725. The van der Waals surface area contributed by atoms with Crippen molar-refractivity contribution in [2.75, 3.05) is 173 Å². The number of piperidine rings is 2. The first-order chi connectivity index (χ1) is 58.9. The van der Waals surface area contributed by atoms with Crippen LogP contribution in [0.1, 0.15) is 143 Å². The van der Waals surface area contributed by atoms with Gasteiger partial charge in [-0.15, -0.1) is 21.5 Å². The van der Waals surface area contributed by atoms with E-state index in [2.05, 4.69) is 91.0 Å². The zero-order valence-electron chi connectivity index (χ0n) is 70.1. The number of imidazole rings is 3. The van der Waals surface area contributed by atoms with Crippen molar-refractivity contribution in [3.63, 3.8) is 0 Å². The first-order valence-corrected chi connectivity index (χ1v) is 41.9. The van der Waals surface area contributed by atoms with Gasteiger partial charge >= 0.3 is 0 Å². The minimum Gasteiger partial charge on any atom is -0.378 e. The summed E-state index contributed by atoms with van der Waals surface area (Å²) in [4.78, 5) is 141. The van der Waals surface area contributed by atoms with Crippen molar-refractivity contribution in [2.45, 2.75) is 90.3 Å². The summed E-state index contributed by atoms with van der Waals surface area (Å²) in [5.74, 6) is -1.97. The Labute approximate surface area is 714 Å². The van der Waals surface area contributed by atoms with Crippen LogP contribution in [-0.4, -0.2) is 285 Å². The topological polar surface area (TPSA) is 437 Å². The van der Waals surface area contributed by atoms with Gasteiger partial charge < -0.3 is 113 Å². The van der Waals surface area contributed by atoms with E-state index in [9.17, 15) is 43.2 Å². The van der Waals surface area contributed by atoms with Crippen molar-refractivity contribution in [3.05, 3.63) is 141 Å². The molecule has 10 heterocycles. The fourth-order valence-corrected chi connectivity index (χ4v) is 15.2. The summed E-state index contributed by atoms with van der Waals surface area (Å²) in [5, 5.41) is 32.7. The Morgan fingerprint density at radius 2 is 1.01 bits per heavy atom. The average Bonchev–Trinajstić information content (AvgIpc) is 1.59. The van der Waals surface area contributed by atoms with Crippen LogP contribution in [0.5, 0.6) is 0 Å². The molecule has 9 amide bonds. The van der Waals surface area contributed by atoms with Gasteiger partial charge in [0, 0.05) is 171 Å². The maximum Gasteiger partial charge on any atom is 0.291 e. The van der Waals surface area contributed by atoms with Crippen molar-refractivity contribution in [1.29, 1.82) is 0 Å². The molecule has 41 heteroatoms. The summed E-state index contributed by atoms with van der Waals surface area (Å²) in [6, 6.07) is 10.2. The number of thiophene rings is 1. The SMILES string of the molecule is Cc1sc2c(c1C)C(c1ccc(Cl)cc1)=N[C@@H](CC(=O)NC1CCN(CCOCCOCCOCCOCCOCCOCCOCCOC3CCN(C(=O)CCNC(=O)c4nc(NC(=O)CCNC(=O)c5cc(NC(=O)c6nc(NC(=O)CCNC(=O)c7cc(NC(=O)c8nccn8C)cn7C)cn6C)cn5C)cn4C)CC3)CC1)c1nnc(C)n1-2. The minimum atomic E-state index is -0.636. The molecule has 0 spiro atoms. The van der Waals surface area contributed by atoms with Gasteiger partial charge in [0.15, 0.2) is 23.3 Å². The van der Waals surface area contributed by atoms with Gasteiger partial charge in [-0.05, 0) is 76.3 Å². The highest BCUT2D eigenvalue weighted by Crippen LogP contribution is 2.40. The zero-order valence-corrected chi connectivity index (χ0v) is 71.6. The molecule has 0 bridgehead atoms. The first kappa shape index (κ1) is 91.8. The zero-order chi connectivity index (χ0) is 86.6. The lowest BCUT2D eigenvalue weighted by Gasteiger charge is -2.32. The normalized spacial score (nSPS) is 14.4. The highest BCUT2D eigenvalue weighted by molar-refractivity contribution is 7.15. The number of likely N-dealkylation sites (tertiary alicyclic amines) is 2. The number of nitrogens with zero attached hydrogens (tertiary/aromatic N) is 14. The molecule has 1 aromatic carbocycles. The third-order valence-electron chi connectivity index (χ3n) is 20.5. The Kier molecular flexibility index (Phi) is 34.5. The van der Waals surface area contributed by atoms with Crippen molar-refractivity contribution >= 4 is 105 Å². The lowest BCUT2D eigenvalue weighted by Crippen LogP contribution is -2.45. The monoisotopic (exact) mass is 1730 g/mol. The number of aryl methyl sites for hydroxylation is 7. The van der Waals surface area contributed by atoms with Crippen molar-refractivity contribution < 1.29 is 81.0 Å². The van der Waals surface area contributed by atoms with Gasteiger partial charge in [0.05, 0.1) is 129 Å². The van der Waals surface area contributed by atoms with Crippen LogP contribution in [0.2, 0.25) is 5.02 Å². The Morgan fingerprint density at radius 1 is 0.516 bits per heavy atom. The van der Waals surface area contributed by atoms with Crippen LogP contribution in [0.4, 0.5) is 23.0 Å². The van der Waals surface area contributed by atoms with Gasteiger partial charge in [-0.25, -0.2) is 15.0 Å². The average molecular weight is 1730 g/mol. The van der Waals surface area contributed by atoms with Gasteiger partial charge in [0.1, 0.15) is 28.3 Å². The van der Waals surface area contributed by atoms with Gasteiger partial charge in [0.25, 0.3) is 29.5 Å². The molecule has 2 saturated heterocycles. The van der Waals surface area contributed by atoms with Crippen LogP contribution in [0.15, 0.2) is 78.6 Å². The molecule has 8 N–H and O–H groups in total. The highest BCUT2D eigenvalue weighted by Gasteiger charge is 2.34. The van der Waals surface area contributed by atoms with Crippen LogP contribution in [0.3, 0.4) is 0 Å². The van der Waals surface area contributed by atoms with Crippen molar-refractivity contribution in [3.8, 4) is 5.00 Å². The summed E-state index contributed by atoms with van der Waals surface area (Å²) < 4.78 is 55.2. The van der Waals surface area contributed by atoms with Crippen molar-refractivity contribution in [2.24, 2.45) is 40.2 Å². The Balaban J connectivity index is 0.439. The van der Waals surface area contributed by atoms with E-state index in [1.165, 1.54) is 60.1 Å². The number of halogens is 1. The van der Waals surface area contributed by atoms with Gasteiger partial charge in [-0.3, -0.25) is 52.7 Å². The number of carbonyl (C=O) groups is 9. The fraction of sp³-hybridized carbons (Fsp3) is 0.519. The molecule has 1 atom stereocenters. The number of hydrogen-bond donors (Lipinski definition) is 8. The molecule has 658 valence electrons. The Morgan fingerprint density at radius 3 is 1.53 bits per heavy atom. The third-order valence-corrected chi connectivity index (χ3v) is 21.9. The molecule has 0 saturated carbocycles. The van der Waals surface area contributed by atoms with E-state index in [0.717, 1.165) is 65.7 Å². The van der Waals surface area contributed by atoms with E-state index >= 15 is 0 Å². The summed E-state index contributed by atoms with van der Waals surface area (Å²) >= 11 is 7.97. The summed E-state index contributed by atoms with van der Waals surface area (Å²) in [5.41, 5.74) is 5.01. The number of ether oxygens (including phenoxy) is 8. The molecule has 0 aliphatic carbocycles. The van der Waals surface area contributed by atoms with Gasteiger partial charge in [-0.1, -0.05) is 23.7 Å². The molecular weight excluding hydrogens is 1620 g/mol. The summed E-state index contributed by atoms with van der Waals surface area (Å²) in [6.45, 7) is 16.5. The molecule has 122 heavy (non-hydrogen) atoms. The second kappa shape index (κ2) is 45.8. The molecule has 39 nitrogen and oxygen atoms in total. The molecule has 0 unspecified atom stereocenters. The number of aliphatic imine (C=N–C) groups is 1. The highest BCUT2D eigenvalue weighted by atomic mass is 35.5. The number of nitrogens with one attached hydrogen (secondary N) is 8. The number of anilines is 4. The molecule has 3 aliphatic heterocycles. The van der Waals surface area contributed by atoms with Crippen LogP contribution < -0.4 is 42.5 Å². The number of amides is 9. The first-order valence-electron chi connectivity index (χ1n) is 40.7. The number of rotatable bonds is 47. The Hall–Kier alpha value is -10.9. The molecule has 3 aliphatic rings. The summed E-state index contributed by atoms with van der Waals surface area (Å²) in [7, 11) is 8.08. The van der Waals surface area contributed by atoms with Crippen molar-refractivity contribution in [1.82, 2.24) is 83.6 Å². The standard InChI is InChI=1S/C81H109ClN22O17S/c1-52-53(2)122-81-70(52)71(55-9-11-56(82)12-10-55)90-61(72-96-95-54(3)104(72)81)47-68(107)87-57-16-24-102(25-17-57)29-30-114-31-32-115-33-34-116-35-36-117-37-38-118-39-40-119-41-42-120-43-44-121-60-18-26-103(27-19-60)69(108)15-22-86-78(111)74-93-64(50-100(74)7)91-66(105)13-20-85-77(110)63-46-59(49-99(63)6)89-80(113)75-94-65(51-101(75)8)92-67(106)14-21-84-76(109)62-45-58(48-98(62)5)88-79(112)73-83-23-28-97(73)4/h9-12,23,28,45-46,48-51,57,60-61H,13-22,24-27,29-44,47H2,1-8H3,(H,84,109)(H,85,110)(H,86,111)(H,87,107)(H,88,112)(H,89,113)(H,91,105)(H,92,106)/t61-/m0/s1. The lowest BCUT2D eigenvalue weighted by atomic mass is 9.99. The maximum atomic E-state index is 13.7. The van der Waals surface area contributed by atoms with E-state index < -0.39 is 47.4 Å². The number of carbonyl (C=O) groups excluding carboxylic acids is 9. The van der Waals surface area contributed by atoms with Gasteiger partial charge in [-0.2, -0.15) is 0 Å². The number of aromatic nitrogens is 11. The lowest BCUT2D eigenvalue weighted by molar-refractivity contribution is -0.134. The van der Waals surface area contributed by atoms with E-state index in [1.807, 2.05) is 31.2 Å². The Bertz CT molecular complexity index is 4910. The van der Waals surface area contributed by atoms with E-state index in [4.69, 9.17) is 54.5 Å². The fourth-order valence-electron chi connectivity index (χ4n) is 13.9. The van der Waals surface area contributed by atoms with Crippen LogP contribution in [0, 0.1) is 20.8 Å². The van der Waals surface area contributed by atoms with E-state index in [1.54, 1.807) is 68.4 Å². The maximum absolute atomic E-state index is 13.7. The van der Waals surface area contributed by atoms with Gasteiger partial charge in [0.2, 0.25) is 35.3 Å². The second-order valence-corrected chi connectivity index (χ2v) is 31.1. The second-order valence-electron chi connectivity index (χ2n) is 29.5. The molecular formula is C81H109ClN22O17S. The largest absolute Gasteiger partial charge is 0.378 e. The smallest absolute Gasteiger partial charge is 0.291 e. The number of hydrogen-bond acceptors (Lipinski definition) is 25. The molecule has 7 aromatic heterocycles. The van der Waals surface area contributed by atoms with Crippen LogP contribution >= 0.6 is 22.9 Å². The van der Waals surface area contributed by atoms with E-state index in [0.29, 0.717) is 142 Å². The third kappa shape index (κ3) is 26.5. The van der Waals surface area contributed by atoms with Crippen LogP contribution in [-0.2, 0) is 92.3 Å². The predicted molar refractivity (Wildman–Crippen MR) is 451 cm³/mol.